The van der Waals surface area contributed by atoms with Gasteiger partial charge in [0, 0.05) is 11.6 Å². The van der Waals surface area contributed by atoms with Crippen molar-refractivity contribution in [2.75, 3.05) is 13.7 Å². The molecule has 0 aliphatic carbocycles. The molecule has 0 spiro atoms. The number of hydrogen-bond donors (Lipinski definition) is 0. The van der Waals surface area contributed by atoms with Gasteiger partial charge in [-0.2, -0.15) is 0 Å². The van der Waals surface area contributed by atoms with Crippen LogP contribution in [0.2, 0.25) is 0 Å². The van der Waals surface area contributed by atoms with Crippen molar-refractivity contribution in [2.45, 2.75) is 26.2 Å². The molecule has 0 bridgehead atoms. The van der Waals surface area contributed by atoms with Crippen LogP contribution in [0.4, 0.5) is 0 Å². The lowest BCUT2D eigenvalue weighted by Crippen LogP contribution is -2.05. The minimum absolute atomic E-state index is 0.680. The average Bonchev–Trinajstić information content (AvgIpc) is 2.35. The second-order valence-electron chi connectivity index (χ2n) is 4.01. The Morgan fingerprint density at radius 2 is 2.25 bits per heavy atom. The molecule has 0 saturated heterocycles. The first kappa shape index (κ1) is 11.1. The van der Waals surface area contributed by atoms with Gasteiger partial charge in [-0.25, -0.2) is 0 Å². The molecule has 16 heavy (non-hydrogen) atoms. The Labute approximate surface area is 96.9 Å². The van der Waals surface area contributed by atoms with Gasteiger partial charge in [0.1, 0.15) is 18.1 Å². The Hall–Kier alpha value is -1.44. The van der Waals surface area contributed by atoms with Gasteiger partial charge >= 0.3 is 0 Å². The van der Waals surface area contributed by atoms with E-state index in [2.05, 4.69) is 19.1 Å². The predicted molar refractivity (Wildman–Crippen MR) is 66.0 cm³/mol. The maximum atomic E-state index is 5.62. The van der Waals surface area contributed by atoms with Crippen LogP contribution in [0.1, 0.15) is 31.7 Å². The van der Waals surface area contributed by atoms with Crippen LogP contribution in [-0.2, 0) is 0 Å². The lowest BCUT2D eigenvalue weighted by molar-refractivity contribution is 0.351. The zero-order chi connectivity index (χ0) is 11.4. The fraction of sp³-hybridized carbons (Fsp3) is 0.429. The van der Waals surface area contributed by atoms with Gasteiger partial charge in [-0.1, -0.05) is 13.3 Å². The lowest BCUT2D eigenvalue weighted by atomic mass is 9.97. The van der Waals surface area contributed by atoms with E-state index in [0.29, 0.717) is 6.61 Å². The van der Waals surface area contributed by atoms with Crippen molar-refractivity contribution < 1.29 is 9.47 Å². The van der Waals surface area contributed by atoms with E-state index < -0.39 is 0 Å². The second kappa shape index (κ2) is 5.06. The minimum atomic E-state index is 0.680. The first-order valence-corrected chi connectivity index (χ1v) is 5.85. The molecule has 1 aromatic carbocycles. The van der Waals surface area contributed by atoms with E-state index >= 15 is 0 Å². The van der Waals surface area contributed by atoms with E-state index in [0.717, 1.165) is 17.9 Å². The highest BCUT2D eigenvalue weighted by atomic mass is 16.5. The van der Waals surface area contributed by atoms with Gasteiger partial charge in [-0.3, -0.25) is 0 Å². The summed E-state index contributed by atoms with van der Waals surface area (Å²) >= 11 is 0. The highest BCUT2D eigenvalue weighted by Crippen LogP contribution is 2.35. The molecule has 2 heteroatoms. The molecule has 0 N–H and O–H groups in total. The Balaban J connectivity index is 2.24. The van der Waals surface area contributed by atoms with Gasteiger partial charge in [0.05, 0.1) is 7.11 Å². The monoisotopic (exact) mass is 218 g/mol. The smallest absolute Gasteiger partial charge is 0.130 e. The summed E-state index contributed by atoms with van der Waals surface area (Å²) in [4.78, 5) is 0. The normalized spacial score (nSPS) is 13.8. The van der Waals surface area contributed by atoms with E-state index in [-0.39, 0.29) is 0 Å². The third kappa shape index (κ3) is 2.21. The van der Waals surface area contributed by atoms with E-state index in [9.17, 15) is 0 Å². The first-order valence-electron chi connectivity index (χ1n) is 5.85. The van der Waals surface area contributed by atoms with Crippen molar-refractivity contribution in [3.63, 3.8) is 0 Å². The molecule has 0 saturated carbocycles. The number of benzene rings is 1. The molecule has 0 atom stereocenters. The molecule has 0 fully saturated rings. The molecule has 0 unspecified atom stereocenters. The van der Waals surface area contributed by atoms with Crippen LogP contribution in [0.15, 0.2) is 24.3 Å². The summed E-state index contributed by atoms with van der Waals surface area (Å²) in [7, 11) is 1.68. The standard InChI is InChI=1S/C14H18O2/c1-3-4-5-11-8-9-16-14-10-12(15-2)6-7-13(11)14/h6-8,10H,3-5,9H2,1-2H3. The fourth-order valence-corrected chi connectivity index (χ4v) is 1.96. The van der Waals surface area contributed by atoms with Crippen molar-refractivity contribution in [3.8, 4) is 11.5 Å². The van der Waals surface area contributed by atoms with Gasteiger partial charge in [0.25, 0.3) is 0 Å². The molecule has 0 radical (unpaired) electrons. The maximum absolute atomic E-state index is 5.62. The summed E-state index contributed by atoms with van der Waals surface area (Å²) < 4.78 is 10.8. The Bertz CT molecular complexity index is 394. The number of allylic oxidation sites excluding steroid dienone is 1. The van der Waals surface area contributed by atoms with Crippen molar-refractivity contribution in [1.82, 2.24) is 0 Å². The molecule has 1 aliphatic heterocycles. The molecule has 86 valence electrons. The minimum Gasteiger partial charge on any atom is -0.497 e. The quantitative estimate of drug-likeness (QED) is 0.767. The number of unbranched alkanes of at least 4 members (excludes halogenated alkanes) is 1. The summed E-state index contributed by atoms with van der Waals surface area (Å²) in [6, 6.07) is 6.05. The second-order valence-corrected chi connectivity index (χ2v) is 4.01. The van der Waals surface area contributed by atoms with Crippen LogP contribution in [0, 0.1) is 0 Å². The molecule has 2 nitrogen and oxygen atoms in total. The summed E-state index contributed by atoms with van der Waals surface area (Å²) in [5, 5.41) is 0. The molecular weight excluding hydrogens is 200 g/mol. The van der Waals surface area contributed by atoms with E-state index in [1.54, 1.807) is 7.11 Å². The summed E-state index contributed by atoms with van der Waals surface area (Å²) in [6.07, 6.45) is 5.78. The molecule has 1 aromatic rings. The van der Waals surface area contributed by atoms with Crippen molar-refractivity contribution in [2.24, 2.45) is 0 Å². The molecule has 0 amide bonds. The Morgan fingerprint density at radius 1 is 1.38 bits per heavy atom. The predicted octanol–water partition coefficient (Wildman–Crippen LogP) is 3.66. The highest BCUT2D eigenvalue weighted by Gasteiger charge is 2.13. The summed E-state index contributed by atoms with van der Waals surface area (Å²) in [5.74, 6) is 1.81. The lowest BCUT2D eigenvalue weighted by Gasteiger charge is -2.19. The number of methoxy groups -OCH3 is 1. The van der Waals surface area contributed by atoms with Gasteiger partial charge in [0.2, 0.25) is 0 Å². The third-order valence-corrected chi connectivity index (χ3v) is 2.90. The molecular formula is C14H18O2. The number of rotatable bonds is 4. The third-order valence-electron chi connectivity index (χ3n) is 2.90. The van der Waals surface area contributed by atoms with Crippen LogP contribution >= 0.6 is 0 Å². The van der Waals surface area contributed by atoms with E-state index in [4.69, 9.17) is 9.47 Å². The van der Waals surface area contributed by atoms with Crippen LogP contribution in [0.25, 0.3) is 5.57 Å². The van der Waals surface area contributed by atoms with E-state index in [1.165, 1.54) is 24.0 Å². The number of fused-ring (bicyclic) bond motifs is 1. The Kier molecular flexibility index (Phi) is 3.50. The van der Waals surface area contributed by atoms with Crippen molar-refractivity contribution in [3.05, 3.63) is 29.8 Å². The van der Waals surface area contributed by atoms with Crippen LogP contribution in [0.3, 0.4) is 0 Å². The average molecular weight is 218 g/mol. The van der Waals surface area contributed by atoms with Gasteiger partial charge in [0.15, 0.2) is 0 Å². The zero-order valence-corrected chi connectivity index (χ0v) is 9.95. The van der Waals surface area contributed by atoms with E-state index in [1.807, 2.05) is 12.1 Å². The van der Waals surface area contributed by atoms with Gasteiger partial charge in [-0.05, 0) is 36.6 Å². The molecule has 1 aliphatic rings. The van der Waals surface area contributed by atoms with Crippen molar-refractivity contribution >= 4 is 5.57 Å². The van der Waals surface area contributed by atoms with Crippen molar-refractivity contribution in [1.29, 1.82) is 0 Å². The summed E-state index contributed by atoms with van der Waals surface area (Å²) in [5.41, 5.74) is 2.63. The molecule has 1 heterocycles. The number of ether oxygens (including phenoxy) is 2. The largest absolute Gasteiger partial charge is 0.497 e. The van der Waals surface area contributed by atoms with Gasteiger partial charge < -0.3 is 9.47 Å². The zero-order valence-electron chi connectivity index (χ0n) is 9.95. The highest BCUT2D eigenvalue weighted by molar-refractivity contribution is 5.72. The molecule has 2 rings (SSSR count). The maximum Gasteiger partial charge on any atom is 0.130 e. The summed E-state index contributed by atoms with van der Waals surface area (Å²) in [6.45, 7) is 2.90. The number of hydrogen-bond acceptors (Lipinski definition) is 2. The van der Waals surface area contributed by atoms with Gasteiger partial charge in [-0.15, -0.1) is 0 Å². The Morgan fingerprint density at radius 3 is 3.00 bits per heavy atom. The van der Waals surface area contributed by atoms with Crippen LogP contribution < -0.4 is 9.47 Å². The first-order chi connectivity index (χ1) is 7.85. The fourth-order valence-electron chi connectivity index (χ4n) is 1.96. The topological polar surface area (TPSA) is 18.5 Å². The molecule has 0 aromatic heterocycles. The van der Waals surface area contributed by atoms with Crippen LogP contribution in [0.5, 0.6) is 11.5 Å². The SMILES string of the molecule is CCCCC1=CCOc2cc(OC)ccc21. The van der Waals surface area contributed by atoms with Crippen LogP contribution in [-0.4, -0.2) is 13.7 Å².